The summed E-state index contributed by atoms with van der Waals surface area (Å²) in [5, 5.41) is 0. The standard InChI is InChI=1S/C26H45O13P/c1-9-12-14-33-40(31,34-15-13-10-2)39-26(25(30)32-8)16-22(36-19(6)28)17(4)23(38-26)24(37-20(7)29)21(11-3)35-18(5)27/h17,21-24H,9-16H2,1-8H3/t17-,21-,22+,23?,24-,26?/m1/s1. The van der Waals surface area contributed by atoms with E-state index in [9.17, 15) is 23.7 Å². The van der Waals surface area contributed by atoms with E-state index < -0.39 is 74.2 Å². The summed E-state index contributed by atoms with van der Waals surface area (Å²) in [6.07, 6.45) is -2.33. The lowest BCUT2D eigenvalue weighted by Crippen LogP contribution is -2.62. The number of unbranched alkanes of at least 4 members (excludes halogenated alkanes) is 2. The molecule has 1 aliphatic heterocycles. The highest BCUT2D eigenvalue weighted by atomic mass is 31.2. The first-order valence-electron chi connectivity index (χ1n) is 13.7. The van der Waals surface area contributed by atoms with Crippen molar-refractivity contribution in [3.8, 4) is 0 Å². The minimum Gasteiger partial charge on any atom is -0.465 e. The molecule has 13 nitrogen and oxygen atoms in total. The van der Waals surface area contributed by atoms with E-state index >= 15 is 0 Å². The Bertz CT molecular complexity index is 880. The predicted octanol–water partition coefficient (Wildman–Crippen LogP) is 4.24. The third kappa shape index (κ3) is 10.7. The van der Waals surface area contributed by atoms with Crippen LogP contribution in [0.25, 0.3) is 0 Å². The summed E-state index contributed by atoms with van der Waals surface area (Å²) in [6.45, 7) is 10.7. The molecular formula is C26H45O13P. The third-order valence-corrected chi connectivity index (χ3v) is 7.70. The highest BCUT2D eigenvalue weighted by Crippen LogP contribution is 2.56. The normalized spacial score (nSPS) is 24.4. The van der Waals surface area contributed by atoms with Gasteiger partial charge in [0.1, 0.15) is 18.3 Å². The zero-order chi connectivity index (χ0) is 30.5. The zero-order valence-corrected chi connectivity index (χ0v) is 25.7. The van der Waals surface area contributed by atoms with E-state index in [1.807, 2.05) is 13.8 Å². The fourth-order valence-electron chi connectivity index (χ4n) is 4.20. The molecule has 1 heterocycles. The number of hydrogen-bond donors (Lipinski definition) is 0. The van der Waals surface area contributed by atoms with Crippen molar-refractivity contribution < 1.29 is 61.0 Å². The van der Waals surface area contributed by atoms with Gasteiger partial charge in [-0.15, -0.1) is 0 Å². The molecule has 0 aliphatic carbocycles. The van der Waals surface area contributed by atoms with Crippen LogP contribution in [0.1, 0.15) is 87.0 Å². The molecule has 0 spiro atoms. The minimum atomic E-state index is -4.46. The second kappa shape index (κ2) is 17.0. The first kappa shape index (κ1) is 36.0. The van der Waals surface area contributed by atoms with E-state index in [0.29, 0.717) is 12.8 Å². The van der Waals surface area contributed by atoms with Crippen LogP contribution in [-0.4, -0.2) is 74.4 Å². The first-order valence-corrected chi connectivity index (χ1v) is 15.1. The molecule has 14 heteroatoms. The van der Waals surface area contributed by atoms with Gasteiger partial charge in [0, 0.05) is 26.7 Å². The van der Waals surface area contributed by atoms with Gasteiger partial charge in [-0.3, -0.25) is 23.4 Å². The van der Waals surface area contributed by atoms with E-state index in [0.717, 1.165) is 26.9 Å². The molecule has 1 saturated heterocycles. The van der Waals surface area contributed by atoms with Crippen molar-refractivity contribution in [3.05, 3.63) is 0 Å². The maximum Gasteiger partial charge on any atom is 0.477 e. The van der Waals surface area contributed by atoms with Crippen molar-refractivity contribution in [1.29, 1.82) is 0 Å². The molecule has 0 bridgehead atoms. The molecule has 0 radical (unpaired) electrons. The molecular weight excluding hydrogens is 551 g/mol. The first-order chi connectivity index (χ1) is 18.8. The van der Waals surface area contributed by atoms with Crippen LogP contribution in [0.4, 0.5) is 0 Å². The van der Waals surface area contributed by atoms with E-state index in [-0.39, 0.29) is 19.6 Å². The van der Waals surface area contributed by atoms with E-state index in [1.165, 1.54) is 13.8 Å². The quantitative estimate of drug-likeness (QED) is 0.102. The summed E-state index contributed by atoms with van der Waals surface area (Å²) in [4.78, 5) is 49.4. The molecule has 0 amide bonds. The van der Waals surface area contributed by atoms with Gasteiger partial charge < -0.3 is 23.7 Å². The Balaban J connectivity index is 3.70. The molecule has 232 valence electrons. The molecule has 0 aromatic rings. The van der Waals surface area contributed by atoms with Crippen LogP contribution in [0.5, 0.6) is 0 Å². The van der Waals surface area contributed by atoms with Gasteiger partial charge in [0.05, 0.1) is 26.7 Å². The van der Waals surface area contributed by atoms with Crippen molar-refractivity contribution in [3.63, 3.8) is 0 Å². The molecule has 1 rings (SSSR count). The maximum absolute atomic E-state index is 13.8. The predicted molar refractivity (Wildman–Crippen MR) is 141 cm³/mol. The van der Waals surface area contributed by atoms with Crippen LogP contribution in [0.3, 0.4) is 0 Å². The number of rotatable bonds is 17. The monoisotopic (exact) mass is 596 g/mol. The molecule has 0 N–H and O–H groups in total. The largest absolute Gasteiger partial charge is 0.477 e. The molecule has 40 heavy (non-hydrogen) atoms. The number of methoxy groups -OCH3 is 1. The lowest BCUT2D eigenvalue weighted by molar-refractivity contribution is -0.299. The maximum atomic E-state index is 13.8. The summed E-state index contributed by atoms with van der Waals surface area (Å²) in [5.74, 6) is -6.33. The van der Waals surface area contributed by atoms with Gasteiger partial charge in [0.25, 0.3) is 5.79 Å². The Morgan fingerprint density at radius 3 is 1.90 bits per heavy atom. The summed E-state index contributed by atoms with van der Waals surface area (Å²) < 4.78 is 58.4. The Morgan fingerprint density at radius 1 is 0.925 bits per heavy atom. The second-order valence-corrected chi connectivity index (χ2v) is 11.2. The smallest absolute Gasteiger partial charge is 0.465 e. The van der Waals surface area contributed by atoms with Gasteiger partial charge in [0.15, 0.2) is 6.10 Å². The highest BCUT2D eigenvalue weighted by Gasteiger charge is 2.60. The van der Waals surface area contributed by atoms with Crippen molar-refractivity contribution in [2.45, 2.75) is 117 Å². The SMILES string of the molecule is CCCCOP(=O)(OCCCC)OC1(C(=O)OC)C[C@H](OC(C)=O)[C@@H](C)C([C@H](OC(C)=O)[C@@H](CC)OC(C)=O)O1. The Hall–Kier alpha value is -2.05. The molecule has 0 saturated carbocycles. The average Bonchev–Trinajstić information content (AvgIpc) is 2.87. The minimum absolute atomic E-state index is 0.00476. The number of carbonyl (C=O) groups is 4. The molecule has 1 fully saturated rings. The number of hydrogen-bond acceptors (Lipinski definition) is 13. The Kier molecular flexibility index (Phi) is 15.3. The summed E-state index contributed by atoms with van der Waals surface area (Å²) in [6, 6.07) is 0. The number of phosphoric ester groups is 1. The van der Waals surface area contributed by atoms with Gasteiger partial charge >= 0.3 is 31.7 Å². The topological polar surface area (TPSA) is 159 Å². The second-order valence-electron chi connectivity index (χ2n) is 9.58. The number of carbonyl (C=O) groups excluding carboxylic acids is 4. The van der Waals surface area contributed by atoms with Gasteiger partial charge in [-0.2, -0.15) is 0 Å². The van der Waals surface area contributed by atoms with Crippen LogP contribution in [0.2, 0.25) is 0 Å². The Labute approximate surface area is 236 Å². The van der Waals surface area contributed by atoms with Gasteiger partial charge in [-0.1, -0.05) is 40.5 Å². The number of ether oxygens (including phenoxy) is 5. The molecule has 1 aliphatic rings. The van der Waals surface area contributed by atoms with Crippen LogP contribution in [-0.2, 0) is 61.0 Å². The van der Waals surface area contributed by atoms with Crippen molar-refractivity contribution in [2.75, 3.05) is 20.3 Å². The lowest BCUT2D eigenvalue weighted by Gasteiger charge is -2.47. The Morgan fingerprint density at radius 2 is 1.48 bits per heavy atom. The van der Waals surface area contributed by atoms with Crippen LogP contribution < -0.4 is 0 Å². The highest BCUT2D eigenvalue weighted by molar-refractivity contribution is 7.48. The molecule has 0 aromatic carbocycles. The third-order valence-electron chi connectivity index (χ3n) is 6.18. The van der Waals surface area contributed by atoms with Crippen LogP contribution >= 0.6 is 7.82 Å². The van der Waals surface area contributed by atoms with Gasteiger partial charge in [0.2, 0.25) is 0 Å². The van der Waals surface area contributed by atoms with Crippen molar-refractivity contribution >= 4 is 31.7 Å². The zero-order valence-electron chi connectivity index (χ0n) is 24.8. The fraction of sp³-hybridized carbons (Fsp3) is 0.846. The number of esters is 4. The molecule has 6 atom stereocenters. The summed E-state index contributed by atoms with van der Waals surface area (Å²) in [5.41, 5.74) is 0. The van der Waals surface area contributed by atoms with Gasteiger partial charge in [-0.25, -0.2) is 13.9 Å². The summed E-state index contributed by atoms with van der Waals surface area (Å²) >= 11 is 0. The van der Waals surface area contributed by atoms with E-state index in [2.05, 4.69) is 0 Å². The van der Waals surface area contributed by atoms with Crippen LogP contribution in [0.15, 0.2) is 0 Å². The van der Waals surface area contributed by atoms with Gasteiger partial charge in [-0.05, 0) is 19.3 Å². The van der Waals surface area contributed by atoms with Crippen molar-refractivity contribution in [1.82, 2.24) is 0 Å². The summed E-state index contributed by atoms with van der Waals surface area (Å²) in [7, 11) is -3.38. The van der Waals surface area contributed by atoms with E-state index in [1.54, 1.807) is 13.8 Å². The lowest BCUT2D eigenvalue weighted by atomic mass is 9.84. The average molecular weight is 597 g/mol. The van der Waals surface area contributed by atoms with Crippen LogP contribution in [0, 0.1) is 5.92 Å². The molecule has 2 unspecified atom stereocenters. The number of phosphoric acid groups is 1. The molecule has 0 aromatic heterocycles. The van der Waals surface area contributed by atoms with Crippen molar-refractivity contribution in [2.24, 2.45) is 5.92 Å². The fourth-order valence-corrected chi connectivity index (χ4v) is 5.64. The van der Waals surface area contributed by atoms with E-state index in [4.69, 9.17) is 37.3 Å².